The molecule has 5 heteroatoms. The maximum atomic E-state index is 13.2. The molecule has 1 aromatic rings. The second-order valence-electron chi connectivity index (χ2n) is 3.16. The van der Waals surface area contributed by atoms with Gasteiger partial charge in [-0.25, -0.2) is 4.39 Å². The highest BCUT2D eigenvalue weighted by Crippen LogP contribution is 2.34. The van der Waals surface area contributed by atoms with Gasteiger partial charge in [-0.3, -0.25) is 0 Å². The molecular weight excluding hydrogens is 207 g/mol. The first-order chi connectivity index (χ1) is 6.18. The van der Waals surface area contributed by atoms with Gasteiger partial charge in [0.2, 0.25) is 0 Å². The summed E-state index contributed by atoms with van der Waals surface area (Å²) in [5.74, 6) is -0.168. The third-order valence-electron chi connectivity index (χ3n) is 2.17. The molecule has 1 atom stereocenters. The van der Waals surface area contributed by atoms with Gasteiger partial charge in [-0.15, -0.1) is 12.4 Å². The topological polar surface area (TPSA) is 61.3 Å². The smallest absolute Gasteiger partial charge is 0.167 e. The molecule has 0 aliphatic carbocycles. The quantitative estimate of drug-likeness (QED) is 0.651. The normalized spacial score (nSPS) is 19.1. The van der Waals surface area contributed by atoms with Gasteiger partial charge in [-0.05, 0) is 6.07 Å². The Morgan fingerprint density at radius 1 is 1.43 bits per heavy atom. The van der Waals surface area contributed by atoms with Crippen LogP contribution < -0.4 is 16.2 Å². The molecule has 0 saturated carbocycles. The molecule has 0 unspecified atom stereocenters. The van der Waals surface area contributed by atoms with Crippen LogP contribution >= 0.6 is 12.4 Å². The van der Waals surface area contributed by atoms with E-state index in [1.54, 1.807) is 6.07 Å². The highest BCUT2D eigenvalue weighted by molar-refractivity contribution is 5.85. The minimum Gasteiger partial charge on any atom is -0.490 e. The summed E-state index contributed by atoms with van der Waals surface area (Å²) in [6.45, 7) is 0.467. The second-order valence-corrected chi connectivity index (χ2v) is 3.16. The molecule has 0 radical (unpaired) electrons. The Labute approximate surface area is 87.6 Å². The molecule has 1 aromatic carbocycles. The van der Waals surface area contributed by atoms with Gasteiger partial charge < -0.3 is 16.2 Å². The Kier molecular flexibility index (Phi) is 3.18. The fraction of sp³-hybridized carbons (Fsp3) is 0.333. The third-order valence-corrected chi connectivity index (χ3v) is 2.17. The summed E-state index contributed by atoms with van der Waals surface area (Å²) < 4.78 is 18.4. The van der Waals surface area contributed by atoms with E-state index in [0.29, 0.717) is 24.3 Å². The molecule has 1 aliphatic heterocycles. The molecule has 0 aromatic heterocycles. The summed E-state index contributed by atoms with van der Waals surface area (Å²) in [6.07, 6.45) is 0.704. The number of benzene rings is 1. The first-order valence-electron chi connectivity index (χ1n) is 4.16. The average molecular weight is 219 g/mol. The van der Waals surface area contributed by atoms with Crippen LogP contribution in [0.15, 0.2) is 12.1 Å². The van der Waals surface area contributed by atoms with Crippen LogP contribution in [0.2, 0.25) is 0 Å². The average Bonchev–Trinajstić information content (AvgIpc) is 2.07. The Hall–Kier alpha value is -1.00. The number of hydrogen-bond acceptors (Lipinski definition) is 3. The van der Waals surface area contributed by atoms with Crippen LogP contribution in [0.3, 0.4) is 0 Å². The van der Waals surface area contributed by atoms with Gasteiger partial charge in [0, 0.05) is 29.8 Å². The zero-order chi connectivity index (χ0) is 9.42. The van der Waals surface area contributed by atoms with Gasteiger partial charge in [0.05, 0.1) is 6.61 Å². The van der Waals surface area contributed by atoms with Crippen molar-refractivity contribution in [3.8, 4) is 5.75 Å². The van der Waals surface area contributed by atoms with Crippen molar-refractivity contribution in [2.24, 2.45) is 5.73 Å². The Morgan fingerprint density at radius 2 is 2.14 bits per heavy atom. The van der Waals surface area contributed by atoms with Gasteiger partial charge >= 0.3 is 0 Å². The lowest BCUT2D eigenvalue weighted by Crippen LogP contribution is -2.21. The van der Waals surface area contributed by atoms with Gasteiger partial charge in [-0.1, -0.05) is 0 Å². The van der Waals surface area contributed by atoms with E-state index in [9.17, 15) is 4.39 Å². The van der Waals surface area contributed by atoms with Crippen molar-refractivity contribution >= 4 is 18.1 Å². The van der Waals surface area contributed by atoms with Crippen LogP contribution in [0, 0.1) is 5.82 Å². The molecule has 3 nitrogen and oxygen atoms in total. The summed E-state index contributed by atoms with van der Waals surface area (Å²) in [6, 6.07) is 2.75. The van der Waals surface area contributed by atoms with Crippen molar-refractivity contribution in [1.82, 2.24) is 0 Å². The zero-order valence-corrected chi connectivity index (χ0v) is 8.31. The lowest BCUT2D eigenvalue weighted by molar-refractivity contribution is 0.255. The summed E-state index contributed by atoms with van der Waals surface area (Å²) in [5.41, 5.74) is 12.3. The van der Waals surface area contributed by atoms with Crippen molar-refractivity contribution in [2.45, 2.75) is 12.5 Å². The Bertz CT molecular complexity index is 346. The summed E-state index contributed by atoms with van der Waals surface area (Å²) in [7, 11) is 0. The molecule has 4 N–H and O–H groups in total. The van der Waals surface area contributed by atoms with Crippen LogP contribution in [0.1, 0.15) is 18.0 Å². The highest BCUT2D eigenvalue weighted by Gasteiger charge is 2.21. The number of fused-ring (bicyclic) bond motifs is 1. The molecule has 0 fully saturated rings. The van der Waals surface area contributed by atoms with Crippen LogP contribution in [-0.2, 0) is 0 Å². The van der Waals surface area contributed by atoms with Crippen molar-refractivity contribution in [3.63, 3.8) is 0 Å². The fourth-order valence-electron chi connectivity index (χ4n) is 1.51. The third kappa shape index (κ3) is 1.76. The molecule has 14 heavy (non-hydrogen) atoms. The van der Waals surface area contributed by atoms with Crippen molar-refractivity contribution < 1.29 is 9.13 Å². The zero-order valence-electron chi connectivity index (χ0n) is 7.50. The van der Waals surface area contributed by atoms with Gasteiger partial charge in [0.15, 0.2) is 11.6 Å². The predicted molar refractivity (Wildman–Crippen MR) is 55.1 cm³/mol. The molecule has 0 amide bonds. The first kappa shape index (κ1) is 11.1. The van der Waals surface area contributed by atoms with E-state index in [1.165, 1.54) is 6.07 Å². The SMILES string of the molecule is Cl.Nc1cc(F)c2c(c1)[C@H](N)CCO2. The minimum absolute atomic E-state index is 0. The number of anilines is 1. The summed E-state index contributed by atoms with van der Waals surface area (Å²) >= 11 is 0. The molecule has 0 saturated heterocycles. The summed E-state index contributed by atoms with van der Waals surface area (Å²) in [5, 5.41) is 0. The van der Waals surface area contributed by atoms with E-state index in [-0.39, 0.29) is 24.2 Å². The van der Waals surface area contributed by atoms with E-state index in [2.05, 4.69) is 0 Å². The molecule has 1 aliphatic rings. The molecule has 0 spiro atoms. The number of rotatable bonds is 0. The predicted octanol–water partition coefficient (Wildman–Crippen LogP) is 1.61. The van der Waals surface area contributed by atoms with Crippen molar-refractivity contribution in [1.29, 1.82) is 0 Å². The van der Waals surface area contributed by atoms with Crippen molar-refractivity contribution in [3.05, 3.63) is 23.5 Å². The Balaban J connectivity index is 0.000000980. The molecule has 2 rings (SSSR count). The Morgan fingerprint density at radius 3 is 2.86 bits per heavy atom. The minimum atomic E-state index is -0.426. The largest absolute Gasteiger partial charge is 0.490 e. The standard InChI is InChI=1S/C9H11FN2O.ClH/c10-7-4-5(11)3-6-8(12)1-2-13-9(6)7;/h3-4,8H,1-2,11-12H2;1H/t8-;/m1./s1. The fourth-order valence-corrected chi connectivity index (χ4v) is 1.51. The van der Waals surface area contributed by atoms with E-state index >= 15 is 0 Å². The van der Waals surface area contributed by atoms with Gasteiger partial charge in [0.25, 0.3) is 0 Å². The van der Waals surface area contributed by atoms with E-state index in [0.717, 1.165) is 0 Å². The van der Waals surface area contributed by atoms with Crippen LogP contribution in [0.4, 0.5) is 10.1 Å². The second kappa shape index (κ2) is 4.02. The lowest BCUT2D eigenvalue weighted by Gasteiger charge is -2.23. The summed E-state index contributed by atoms with van der Waals surface area (Å²) in [4.78, 5) is 0. The number of hydrogen-bond donors (Lipinski definition) is 2. The maximum absolute atomic E-state index is 13.2. The van der Waals surface area contributed by atoms with Gasteiger partial charge in [-0.2, -0.15) is 0 Å². The highest BCUT2D eigenvalue weighted by atomic mass is 35.5. The molecular formula is C9H12ClFN2O. The monoisotopic (exact) mass is 218 g/mol. The van der Waals surface area contributed by atoms with Crippen LogP contribution in [0.5, 0.6) is 5.75 Å². The van der Waals surface area contributed by atoms with E-state index < -0.39 is 5.82 Å². The number of halogens is 2. The van der Waals surface area contributed by atoms with Crippen LogP contribution in [-0.4, -0.2) is 6.61 Å². The van der Waals surface area contributed by atoms with Crippen LogP contribution in [0.25, 0.3) is 0 Å². The van der Waals surface area contributed by atoms with E-state index in [1.807, 2.05) is 0 Å². The van der Waals surface area contributed by atoms with E-state index in [4.69, 9.17) is 16.2 Å². The maximum Gasteiger partial charge on any atom is 0.167 e. The number of ether oxygens (including phenoxy) is 1. The van der Waals surface area contributed by atoms with Crippen molar-refractivity contribution in [2.75, 3.05) is 12.3 Å². The number of nitrogens with two attached hydrogens (primary N) is 2. The number of nitrogen functional groups attached to an aromatic ring is 1. The lowest BCUT2D eigenvalue weighted by atomic mass is 10.0. The first-order valence-corrected chi connectivity index (χ1v) is 4.16. The molecule has 1 heterocycles. The molecule has 0 bridgehead atoms. The van der Waals surface area contributed by atoms with Gasteiger partial charge in [0.1, 0.15) is 0 Å². The molecule has 78 valence electrons.